The van der Waals surface area contributed by atoms with Gasteiger partial charge in [0.05, 0.1) is 17.2 Å². The number of nitrogens with one attached hydrogen (secondary N) is 1. The van der Waals surface area contributed by atoms with Crippen molar-refractivity contribution in [3.63, 3.8) is 0 Å². The van der Waals surface area contributed by atoms with E-state index in [2.05, 4.69) is 15.2 Å². The molecular weight excluding hydrogens is 552 g/mol. The van der Waals surface area contributed by atoms with Gasteiger partial charge >= 0.3 is 12.6 Å². The van der Waals surface area contributed by atoms with E-state index in [1.54, 1.807) is 48.5 Å². The van der Waals surface area contributed by atoms with Crippen LogP contribution in [0, 0.1) is 0 Å². The first kappa shape index (κ1) is 27.8. The monoisotopic (exact) mass is 577 g/mol. The van der Waals surface area contributed by atoms with Crippen molar-refractivity contribution >= 4 is 27.3 Å². The molecular formula is C30H25F2N3O5S. The van der Waals surface area contributed by atoms with E-state index in [1.807, 2.05) is 30.3 Å². The molecule has 4 aromatic carbocycles. The van der Waals surface area contributed by atoms with Gasteiger partial charge in [-0.3, -0.25) is 0 Å². The van der Waals surface area contributed by atoms with Crippen molar-refractivity contribution in [2.45, 2.75) is 17.4 Å². The second kappa shape index (κ2) is 11.8. The molecule has 2 amide bonds. The predicted octanol–water partition coefficient (Wildman–Crippen LogP) is 6.52. The molecule has 4 aromatic rings. The number of alkyl halides is 2. The maximum Gasteiger partial charge on any atom is 0.387 e. The highest BCUT2D eigenvalue weighted by Gasteiger charge is 2.32. The lowest BCUT2D eigenvalue weighted by molar-refractivity contribution is -0.0498. The van der Waals surface area contributed by atoms with Crippen LogP contribution in [0.4, 0.5) is 19.3 Å². The number of ether oxygens (including phenoxy) is 2. The molecule has 1 atom stereocenters. The number of nitrogens with zero attached hydrogens (tertiary/aromatic N) is 2. The van der Waals surface area contributed by atoms with Crippen molar-refractivity contribution in [1.82, 2.24) is 5.01 Å². The lowest BCUT2D eigenvalue weighted by Crippen LogP contribution is -2.30. The number of hydrogen-bond donors (Lipinski definition) is 1. The smallest absolute Gasteiger partial charge is 0.387 e. The molecule has 0 bridgehead atoms. The Bertz CT molecular complexity index is 1650. The second-order valence-electron chi connectivity index (χ2n) is 9.23. The molecule has 8 nitrogen and oxygen atoms in total. The number of carbonyl (C=O) groups is 1. The Morgan fingerprint density at radius 3 is 2.05 bits per heavy atom. The summed E-state index contributed by atoms with van der Waals surface area (Å²) in [6, 6.07) is 28.1. The number of anilines is 1. The highest BCUT2D eigenvalue weighted by molar-refractivity contribution is 7.90. The normalized spacial score (nSPS) is 15.0. The van der Waals surface area contributed by atoms with Gasteiger partial charge in [-0.25, -0.2) is 18.2 Å². The van der Waals surface area contributed by atoms with Crippen molar-refractivity contribution < 1.29 is 31.5 Å². The highest BCUT2D eigenvalue weighted by atomic mass is 32.2. The van der Waals surface area contributed by atoms with Crippen LogP contribution in [-0.2, 0) is 9.84 Å². The van der Waals surface area contributed by atoms with Gasteiger partial charge in [0.25, 0.3) is 0 Å². The zero-order valence-corrected chi connectivity index (χ0v) is 22.6. The molecule has 210 valence electrons. The van der Waals surface area contributed by atoms with Gasteiger partial charge in [-0.05, 0) is 83.9 Å². The molecule has 0 aromatic heterocycles. The Hall–Kier alpha value is -4.77. The van der Waals surface area contributed by atoms with E-state index in [4.69, 9.17) is 4.74 Å². The SMILES string of the molecule is CS(=O)(=O)c1ccc(Oc2ccc(NC(=O)N3CC(c4ccccc4)C(c4ccc(OC(F)F)cc4)=N3)cc2)cc1. The van der Waals surface area contributed by atoms with Crippen LogP contribution in [0.3, 0.4) is 0 Å². The van der Waals surface area contributed by atoms with Crippen molar-refractivity contribution in [2.24, 2.45) is 5.10 Å². The van der Waals surface area contributed by atoms with E-state index in [1.165, 1.54) is 29.3 Å². The van der Waals surface area contributed by atoms with Crippen LogP contribution in [0.5, 0.6) is 17.2 Å². The summed E-state index contributed by atoms with van der Waals surface area (Å²) in [6.45, 7) is -2.64. The average molecular weight is 578 g/mol. The van der Waals surface area contributed by atoms with Crippen LogP contribution in [0.1, 0.15) is 17.0 Å². The molecule has 1 N–H and O–H groups in total. The summed E-state index contributed by atoms with van der Waals surface area (Å²) in [5.41, 5.74) is 2.78. The number of carbonyl (C=O) groups excluding carboxylic acids is 1. The van der Waals surface area contributed by atoms with E-state index < -0.39 is 22.5 Å². The van der Waals surface area contributed by atoms with Crippen LogP contribution in [-0.4, -0.2) is 44.6 Å². The Balaban J connectivity index is 1.29. The largest absolute Gasteiger partial charge is 0.457 e. The summed E-state index contributed by atoms with van der Waals surface area (Å²) in [5, 5.41) is 8.75. The van der Waals surface area contributed by atoms with Gasteiger partial charge in [0, 0.05) is 17.9 Å². The lowest BCUT2D eigenvalue weighted by Gasteiger charge is -2.16. The molecule has 0 saturated carbocycles. The quantitative estimate of drug-likeness (QED) is 0.257. The van der Waals surface area contributed by atoms with Gasteiger partial charge in [0.15, 0.2) is 9.84 Å². The Labute approximate surface area is 235 Å². The molecule has 0 aliphatic carbocycles. The fraction of sp³-hybridized carbons (Fsp3) is 0.133. The third kappa shape index (κ3) is 6.87. The van der Waals surface area contributed by atoms with Gasteiger partial charge in [-0.2, -0.15) is 13.9 Å². The van der Waals surface area contributed by atoms with Crippen LogP contribution in [0.2, 0.25) is 0 Å². The summed E-state index contributed by atoms with van der Waals surface area (Å²) >= 11 is 0. The molecule has 1 aliphatic heterocycles. The van der Waals surface area contributed by atoms with Gasteiger partial charge in [-0.1, -0.05) is 30.3 Å². The van der Waals surface area contributed by atoms with Crippen LogP contribution < -0.4 is 14.8 Å². The molecule has 0 saturated heterocycles. The standard InChI is InChI=1S/C30H25F2N3O5S/c1-41(37,38)26-17-15-24(16-18-26)39-23-13-9-22(10-14-23)33-30(36)35-19-27(20-5-3-2-4-6-20)28(34-35)21-7-11-25(12-8-21)40-29(31)32/h2-18,27,29H,19H2,1H3,(H,33,36). The van der Waals surface area contributed by atoms with Crippen molar-refractivity contribution in [3.05, 3.63) is 114 Å². The number of hydrazone groups is 1. The molecule has 0 spiro atoms. The van der Waals surface area contributed by atoms with Gasteiger partial charge in [0.2, 0.25) is 0 Å². The number of urea groups is 1. The van der Waals surface area contributed by atoms with Crippen LogP contribution >= 0.6 is 0 Å². The number of benzene rings is 4. The number of halogens is 2. The van der Waals surface area contributed by atoms with E-state index in [9.17, 15) is 22.0 Å². The van der Waals surface area contributed by atoms with Gasteiger partial charge in [-0.15, -0.1) is 0 Å². The predicted molar refractivity (Wildman–Crippen MR) is 151 cm³/mol. The molecule has 1 unspecified atom stereocenters. The summed E-state index contributed by atoms with van der Waals surface area (Å²) in [5.74, 6) is 0.772. The number of rotatable bonds is 8. The summed E-state index contributed by atoms with van der Waals surface area (Å²) in [7, 11) is -3.30. The Kier molecular flexibility index (Phi) is 7.97. The number of sulfone groups is 1. The third-order valence-electron chi connectivity index (χ3n) is 6.32. The highest BCUT2D eigenvalue weighted by Crippen LogP contribution is 2.31. The van der Waals surface area contributed by atoms with Crippen LogP contribution in [0.25, 0.3) is 0 Å². The minimum Gasteiger partial charge on any atom is -0.457 e. The summed E-state index contributed by atoms with van der Waals surface area (Å²) in [4.78, 5) is 13.4. The third-order valence-corrected chi connectivity index (χ3v) is 7.45. The van der Waals surface area contributed by atoms with Crippen LogP contribution in [0.15, 0.2) is 113 Å². The minimum absolute atomic E-state index is 0.0338. The molecule has 0 fully saturated rings. The van der Waals surface area contributed by atoms with E-state index in [0.29, 0.717) is 28.5 Å². The number of hydrogen-bond acceptors (Lipinski definition) is 6. The molecule has 11 heteroatoms. The van der Waals surface area contributed by atoms with Crippen molar-refractivity contribution in [3.8, 4) is 17.2 Å². The second-order valence-corrected chi connectivity index (χ2v) is 11.2. The zero-order valence-electron chi connectivity index (χ0n) is 21.8. The zero-order chi connectivity index (χ0) is 29.0. The molecule has 41 heavy (non-hydrogen) atoms. The molecule has 1 heterocycles. The fourth-order valence-electron chi connectivity index (χ4n) is 4.33. The Morgan fingerprint density at radius 2 is 1.46 bits per heavy atom. The van der Waals surface area contributed by atoms with Crippen molar-refractivity contribution in [1.29, 1.82) is 0 Å². The number of amides is 2. The maximum atomic E-state index is 13.2. The summed E-state index contributed by atoms with van der Waals surface area (Å²) in [6.07, 6.45) is 1.14. The lowest BCUT2D eigenvalue weighted by atomic mass is 9.90. The van der Waals surface area contributed by atoms with Crippen molar-refractivity contribution in [2.75, 3.05) is 18.1 Å². The van der Waals surface area contributed by atoms with Gasteiger partial charge in [0.1, 0.15) is 17.2 Å². The molecule has 1 aliphatic rings. The molecule has 0 radical (unpaired) electrons. The van der Waals surface area contributed by atoms with Gasteiger partial charge < -0.3 is 14.8 Å². The van der Waals surface area contributed by atoms with E-state index in [-0.39, 0.29) is 23.1 Å². The van der Waals surface area contributed by atoms with E-state index >= 15 is 0 Å². The fourth-order valence-corrected chi connectivity index (χ4v) is 4.96. The first-order valence-electron chi connectivity index (χ1n) is 12.5. The van der Waals surface area contributed by atoms with E-state index in [0.717, 1.165) is 11.8 Å². The first-order valence-corrected chi connectivity index (χ1v) is 14.4. The first-order chi connectivity index (χ1) is 19.7. The topological polar surface area (TPSA) is 97.3 Å². The average Bonchev–Trinajstić information content (AvgIpc) is 3.40. The Morgan fingerprint density at radius 1 is 0.878 bits per heavy atom. The molecule has 5 rings (SSSR count). The maximum absolute atomic E-state index is 13.2. The summed E-state index contributed by atoms with van der Waals surface area (Å²) < 4.78 is 58.6. The minimum atomic E-state index is -3.30.